The number of nitrogens with zero attached hydrogens (tertiary/aromatic N) is 2. The van der Waals surface area contributed by atoms with Crippen LogP contribution in [0.5, 0.6) is 0 Å². The molecule has 5 heteroatoms. The Balaban J connectivity index is 2.01. The summed E-state index contributed by atoms with van der Waals surface area (Å²) in [4.78, 5) is 16.1. The molecule has 1 aromatic heterocycles. The predicted molar refractivity (Wildman–Crippen MR) is 68.2 cm³/mol. The molecule has 1 aromatic rings. The maximum Gasteiger partial charge on any atom is 0.324 e. The summed E-state index contributed by atoms with van der Waals surface area (Å²) in [7, 11) is 1.44. The number of carbonyl (C=O) groups excluding carboxylic acids is 1. The van der Waals surface area contributed by atoms with Crippen molar-refractivity contribution in [2.75, 3.05) is 7.11 Å². The van der Waals surface area contributed by atoms with Gasteiger partial charge in [0.05, 0.1) is 7.11 Å². The molecule has 1 aliphatic rings. The summed E-state index contributed by atoms with van der Waals surface area (Å²) >= 11 is 0. The number of hydrogen-bond acceptors (Lipinski definition) is 4. The molecule has 0 bridgehead atoms. The average molecular weight is 251 g/mol. The van der Waals surface area contributed by atoms with Gasteiger partial charge in [0.15, 0.2) is 0 Å². The van der Waals surface area contributed by atoms with E-state index in [0.717, 1.165) is 31.5 Å². The molecule has 0 amide bonds. The summed E-state index contributed by atoms with van der Waals surface area (Å²) in [6.07, 6.45) is 8.00. The van der Waals surface area contributed by atoms with Gasteiger partial charge in [-0.1, -0.05) is 6.92 Å². The number of nitrogens with one attached hydrogen (secondary N) is 1. The SMILES string of the molecule is CCCc1nccn1CC(NC1CC1)C(=O)OC. The molecule has 100 valence electrons. The van der Waals surface area contributed by atoms with Crippen molar-refractivity contribution in [1.82, 2.24) is 14.9 Å². The lowest BCUT2D eigenvalue weighted by molar-refractivity contribution is -0.143. The standard InChI is InChI=1S/C13H21N3O2/c1-3-4-12-14-7-8-16(12)9-11(13(17)18-2)15-10-5-6-10/h7-8,10-11,15H,3-6,9H2,1-2H3. The van der Waals surface area contributed by atoms with Gasteiger partial charge in [0, 0.05) is 31.4 Å². The Bertz CT molecular complexity index is 399. The third-order valence-corrected chi connectivity index (χ3v) is 3.15. The third kappa shape index (κ3) is 3.32. The summed E-state index contributed by atoms with van der Waals surface area (Å²) in [5.74, 6) is 0.835. The van der Waals surface area contributed by atoms with Gasteiger partial charge < -0.3 is 14.6 Å². The van der Waals surface area contributed by atoms with Gasteiger partial charge in [-0.25, -0.2) is 4.98 Å². The fourth-order valence-corrected chi connectivity index (χ4v) is 2.03. The molecule has 1 unspecified atom stereocenters. The maximum absolute atomic E-state index is 11.8. The predicted octanol–water partition coefficient (Wildman–Crippen LogP) is 1.13. The van der Waals surface area contributed by atoms with Gasteiger partial charge in [0.25, 0.3) is 0 Å². The minimum atomic E-state index is -0.271. The van der Waals surface area contributed by atoms with Crippen molar-refractivity contribution >= 4 is 5.97 Å². The van der Waals surface area contributed by atoms with Crippen molar-refractivity contribution in [3.05, 3.63) is 18.2 Å². The van der Waals surface area contributed by atoms with E-state index in [9.17, 15) is 4.79 Å². The summed E-state index contributed by atoms with van der Waals surface area (Å²) < 4.78 is 6.90. The fraction of sp³-hybridized carbons (Fsp3) is 0.692. The van der Waals surface area contributed by atoms with E-state index in [1.165, 1.54) is 7.11 Å². The van der Waals surface area contributed by atoms with Crippen LogP contribution in [0.4, 0.5) is 0 Å². The second kappa shape index (κ2) is 6.00. The van der Waals surface area contributed by atoms with Crippen molar-refractivity contribution in [2.45, 2.75) is 51.2 Å². The Labute approximate surface area is 108 Å². The zero-order chi connectivity index (χ0) is 13.0. The molecule has 18 heavy (non-hydrogen) atoms. The summed E-state index contributed by atoms with van der Waals surface area (Å²) in [6.45, 7) is 2.72. The van der Waals surface area contributed by atoms with Crippen molar-refractivity contribution in [1.29, 1.82) is 0 Å². The van der Waals surface area contributed by atoms with Gasteiger partial charge in [-0.2, -0.15) is 0 Å². The largest absolute Gasteiger partial charge is 0.468 e. The van der Waals surface area contributed by atoms with Gasteiger partial charge in [0.1, 0.15) is 11.9 Å². The van der Waals surface area contributed by atoms with E-state index in [4.69, 9.17) is 4.74 Å². The first-order chi connectivity index (χ1) is 8.74. The lowest BCUT2D eigenvalue weighted by atomic mass is 10.2. The van der Waals surface area contributed by atoms with Crippen LogP contribution in [0.1, 0.15) is 32.0 Å². The number of esters is 1. The number of rotatable bonds is 7. The van der Waals surface area contributed by atoms with E-state index < -0.39 is 0 Å². The molecule has 2 rings (SSSR count). The van der Waals surface area contributed by atoms with Crippen molar-refractivity contribution < 1.29 is 9.53 Å². The number of aromatic nitrogens is 2. The van der Waals surface area contributed by atoms with Gasteiger partial charge >= 0.3 is 5.97 Å². The van der Waals surface area contributed by atoms with Crippen LogP contribution in [0.2, 0.25) is 0 Å². The van der Waals surface area contributed by atoms with E-state index >= 15 is 0 Å². The van der Waals surface area contributed by atoms with Crippen LogP contribution in [0.25, 0.3) is 0 Å². The fourth-order valence-electron chi connectivity index (χ4n) is 2.03. The van der Waals surface area contributed by atoms with Gasteiger partial charge in [-0.05, 0) is 19.3 Å². The Hall–Kier alpha value is -1.36. The van der Waals surface area contributed by atoms with E-state index in [-0.39, 0.29) is 12.0 Å². The van der Waals surface area contributed by atoms with Crippen LogP contribution in [0.15, 0.2) is 12.4 Å². The van der Waals surface area contributed by atoms with Crippen LogP contribution in [-0.4, -0.2) is 34.7 Å². The van der Waals surface area contributed by atoms with Crippen molar-refractivity contribution in [3.63, 3.8) is 0 Å². The number of ether oxygens (including phenoxy) is 1. The molecule has 1 N–H and O–H groups in total. The second-order valence-corrected chi connectivity index (χ2v) is 4.76. The Morgan fingerprint density at radius 3 is 3.06 bits per heavy atom. The Morgan fingerprint density at radius 2 is 2.44 bits per heavy atom. The molecule has 0 aliphatic heterocycles. The minimum Gasteiger partial charge on any atom is -0.468 e. The third-order valence-electron chi connectivity index (χ3n) is 3.15. The van der Waals surface area contributed by atoms with E-state index in [1.807, 2.05) is 10.8 Å². The highest BCUT2D eigenvalue weighted by Crippen LogP contribution is 2.20. The molecule has 0 aromatic carbocycles. The molecule has 1 aliphatic carbocycles. The summed E-state index contributed by atoms with van der Waals surface area (Å²) in [6, 6.07) is 0.208. The summed E-state index contributed by atoms with van der Waals surface area (Å²) in [5.41, 5.74) is 0. The highest BCUT2D eigenvalue weighted by atomic mass is 16.5. The zero-order valence-corrected chi connectivity index (χ0v) is 11.1. The van der Waals surface area contributed by atoms with Crippen molar-refractivity contribution in [2.24, 2.45) is 0 Å². The highest BCUT2D eigenvalue weighted by Gasteiger charge is 2.29. The lowest BCUT2D eigenvalue weighted by Gasteiger charge is -2.18. The van der Waals surface area contributed by atoms with Gasteiger partial charge in [-0.3, -0.25) is 4.79 Å². The maximum atomic E-state index is 11.8. The molecule has 1 heterocycles. The number of methoxy groups -OCH3 is 1. The number of imidazole rings is 1. The first-order valence-corrected chi connectivity index (χ1v) is 6.58. The van der Waals surface area contributed by atoms with E-state index in [0.29, 0.717) is 12.6 Å². The normalized spacial score (nSPS) is 16.6. The lowest BCUT2D eigenvalue weighted by Crippen LogP contribution is -2.42. The van der Waals surface area contributed by atoms with Gasteiger partial charge in [-0.15, -0.1) is 0 Å². The smallest absolute Gasteiger partial charge is 0.324 e. The van der Waals surface area contributed by atoms with Gasteiger partial charge in [0.2, 0.25) is 0 Å². The quantitative estimate of drug-likeness (QED) is 0.738. The van der Waals surface area contributed by atoms with Crippen LogP contribution in [-0.2, 0) is 22.5 Å². The first kappa shape index (κ1) is 13.1. The molecular weight excluding hydrogens is 230 g/mol. The number of carbonyl (C=O) groups is 1. The zero-order valence-electron chi connectivity index (χ0n) is 11.1. The topological polar surface area (TPSA) is 56.2 Å². The highest BCUT2D eigenvalue weighted by molar-refractivity contribution is 5.75. The van der Waals surface area contributed by atoms with Crippen LogP contribution >= 0.6 is 0 Å². The minimum absolute atomic E-state index is 0.196. The van der Waals surface area contributed by atoms with Crippen LogP contribution in [0.3, 0.4) is 0 Å². The van der Waals surface area contributed by atoms with Crippen LogP contribution in [0, 0.1) is 0 Å². The molecule has 1 saturated carbocycles. The number of hydrogen-bond donors (Lipinski definition) is 1. The molecule has 0 radical (unpaired) electrons. The number of aryl methyl sites for hydroxylation is 1. The van der Waals surface area contributed by atoms with E-state index in [2.05, 4.69) is 17.2 Å². The van der Waals surface area contributed by atoms with E-state index in [1.54, 1.807) is 6.20 Å². The molecule has 0 saturated heterocycles. The molecule has 1 atom stereocenters. The van der Waals surface area contributed by atoms with Crippen molar-refractivity contribution in [3.8, 4) is 0 Å². The molecular formula is C13H21N3O2. The van der Waals surface area contributed by atoms with Crippen LogP contribution < -0.4 is 5.32 Å². The monoisotopic (exact) mass is 251 g/mol. The molecule has 1 fully saturated rings. The average Bonchev–Trinajstić information content (AvgIpc) is 3.09. The molecule has 0 spiro atoms. The Kier molecular flexibility index (Phi) is 4.36. The summed E-state index contributed by atoms with van der Waals surface area (Å²) in [5, 5.41) is 3.33. The first-order valence-electron chi connectivity index (χ1n) is 6.58. The second-order valence-electron chi connectivity index (χ2n) is 4.76. The molecule has 5 nitrogen and oxygen atoms in total. The Morgan fingerprint density at radius 1 is 1.67 bits per heavy atom.